The Kier molecular flexibility index (Phi) is 6.91. The average molecular weight is 209 g/mol. The second-order valence-electron chi connectivity index (χ2n) is 2.56. The van der Waals surface area contributed by atoms with E-state index in [0.29, 0.717) is 0 Å². The van der Waals surface area contributed by atoms with Gasteiger partial charge in [-0.25, -0.2) is 0 Å². The molecule has 12 heavy (non-hydrogen) atoms. The first-order valence-electron chi connectivity index (χ1n) is 3.67. The Bertz CT molecular complexity index is 215. The number of hydrogen-bond donors (Lipinski definition) is 0. The molecule has 1 aliphatic heterocycles. The Hall–Kier alpha value is 0.946. The van der Waals surface area contributed by atoms with Crippen molar-refractivity contribution < 1.29 is 68.5 Å². The summed E-state index contributed by atoms with van der Waals surface area (Å²) in [6.45, 7) is 0.886. The fraction of sp³-hybridized carbons (Fsp3) is 0.333. The van der Waals surface area contributed by atoms with Crippen molar-refractivity contribution in [2.75, 3.05) is 6.61 Å². The van der Waals surface area contributed by atoms with Crippen LogP contribution < -0.4 is 68.5 Å². The molecule has 0 saturated carbocycles. The maximum absolute atomic E-state index is 5.42. The molecule has 0 saturated heterocycles. The molecule has 1 aromatic rings. The molecule has 0 amide bonds. The molecule has 1 aromatic carbocycles. The van der Waals surface area contributed by atoms with E-state index in [4.69, 9.17) is 4.74 Å². The molecule has 3 heteroatoms. The van der Waals surface area contributed by atoms with E-state index in [1.54, 1.807) is 0 Å². The van der Waals surface area contributed by atoms with Crippen LogP contribution in [-0.2, 0) is 6.42 Å². The predicted molar refractivity (Wildman–Crippen MR) is 40.3 cm³/mol. The van der Waals surface area contributed by atoms with Gasteiger partial charge in [-0.15, -0.1) is 0 Å². The standard InChI is InChI=1S/C9H10O.ClH.K/c1-2-6-9-8(4-1)5-3-7-10-9;;/h1-2,4,6H,3,5,7H2;1H;/q;;+1/p-1. The van der Waals surface area contributed by atoms with E-state index in [1.165, 1.54) is 12.0 Å². The number of rotatable bonds is 0. The minimum atomic E-state index is 0. The summed E-state index contributed by atoms with van der Waals surface area (Å²) in [4.78, 5) is 0. The minimum Gasteiger partial charge on any atom is -1.00 e. The summed E-state index contributed by atoms with van der Waals surface area (Å²) in [6.07, 6.45) is 2.34. The van der Waals surface area contributed by atoms with Gasteiger partial charge < -0.3 is 17.1 Å². The topological polar surface area (TPSA) is 9.23 Å². The SMILES string of the molecule is [Cl-].[K+].c1ccc2c(c1)CCCO2. The van der Waals surface area contributed by atoms with Crippen molar-refractivity contribution in [3.05, 3.63) is 29.8 Å². The van der Waals surface area contributed by atoms with Gasteiger partial charge in [-0.2, -0.15) is 0 Å². The van der Waals surface area contributed by atoms with Crippen LogP contribution in [0.2, 0.25) is 0 Å². The van der Waals surface area contributed by atoms with Crippen LogP contribution in [0.3, 0.4) is 0 Å². The third-order valence-corrected chi connectivity index (χ3v) is 1.82. The molecule has 0 fully saturated rings. The third kappa shape index (κ3) is 3.02. The zero-order valence-electron chi connectivity index (χ0n) is 7.22. The summed E-state index contributed by atoms with van der Waals surface area (Å²) in [5, 5.41) is 0. The molecular formula is C9H10ClKO. The Morgan fingerprint density at radius 3 is 2.67 bits per heavy atom. The van der Waals surface area contributed by atoms with Crippen molar-refractivity contribution in [1.82, 2.24) is 0 Å². The van der Waals surface area contributed by atoms with E-state index in [1.807, 2.05) is 12.1 Å². The van der Waals surface area contributed by atoms with Gasteiger partial charge >= 0.3 is 51.4 Å². The normalized spacial score (nSPS) is 13.0. The summed E-state index contributed by atoms with van der Waals surface area (Å²) in [5.74, 6) is 1.08. The summed E-state index contributed by atoms with van der Waals surface area (Å²) < 4.78 is 5.42. The van der Waals surface area contributed by atoms with E-state index in [2.05, 4.69) is 12.1 Å². The first kappa shape index (κ1) is 12.9. The van der Waals surface area contributed by atoms with Gasteiger partial charge in [-0.1, -0.05) is 18.2 Å². The van der Waals surface area contributed by atoms with Gasteiger partial charge in [0.15, 0.2) is 0 Å². The molecule has 0 unspecified atom stereocenters. The second-order valence-corrected chi connectivity index (χ2v) is 2.56. The Labute approximate surface area is 122 Å². The van der Waals surface area contributed by atoms with Crippen molar-refractivity contribution in [2.24, 2.45) is 0 Å². The number of para-hydroxylation sites is 1. The molecule has 0 bridgehead atoms. The zero-order chi connectivity index (χ0) is 6.81. The first-order chi connectivity index (χ1) is 4.97. The molecule has 1 heterocycles. The number of halogens is 1. The predicted octanol–water partition coefficient (Wildman–Crippen LogP) is -3.98. The fourth-order valence-corrected chi connectivity index (χ4v) is 1.30. The van der Waals surface area contributed by atoms with Crippen LogP contribution in [0.4, 0.5) is 0 Å². The minimum absolute atomic E-state index is 0. The summed E-state index contributed by atoms with van der Waals surface area (Å²) >= 11 is 0. The van der Waals surface area contributed by atoms with Crippen molar-refractivity contribution in [3.63, 3.8) is 0 Å². The summed E-state index contributed by atoms with van der Waals surface area (Å²) in [6, 6.07) is 8.25. The second kappa shape index (κ2) is 6.41. The maximum atomic E-state index is 5.42. The maximum Gasteiger partial charge on any atom is 1.00 e. The molecule has 1 nitrogen and oxygen atoms in total. The Balaban J connectivity index is 0.000000605. The molecule has 0 aliphatic carbocycles. The quantitative estimate of drug-likeness (QED) is 0.396. The Morgan fingerprint density at radius 1 is 1.17 bits per heavy atom. The molecule has 2 rings (SSSR count). The smallest absolute Gasteiger partial charge is 1.00 e. The van der Waals surface area contributed by atoms with Gasteiger partial charge in [0.2, 0.25) is 0 Å². The van der Waals surface area contributed by atoms with Crippen LogP contribution in [0, 0.1) is 0 Å². The van der Waals surface area contributed by atoms with Crippen molar-refractivity contribution in [3.8, 4) is 5.75 Å². The molecule has 0 atom stereocenters. The van der Waals surface area contributed by atoms with Crippen LogP contribution in [0.15, 0.2) is 24.3 Å². The molecule has 0 aromatic heterocycles. The number of ether oxygens (including phenoxy) is 1. The first-order valence-corrected chi connectivity index (χ1v) is 3.67. The molecule has 60 valence electrons. The van der Waals surface area contributed by atoms with Gasteiger partial charge in [0, 0.05) is 0 Å². The van der Waals surface area contributed by atoms with Crippen molar-refractivity contribution in [2.45, 2.75) is 12.8 Å². The zero-order valence-corrected chi connectivity index (χ0v) is 11.1. The van der Waals surface area contributed by atoms with Crippen molar-refractivity contribution >= 4 is 0 Å². The van der Waals surface area contributed by atoms with Gasteiger partial charge in [-0.05, 0) is 24.5 Å². The molecule has 1 aliphatic rings. The number of fused-ring (bicyclic) bond motifs is 1. The summed E-state index contributed by atoms with van der Waals surface area (Å²) in [5.41, 5.74) is 1.36. The van der Waals surface area contributed by atoms with E-state index >= 15 is 0 Å². The number of benzene rings is 1. The van der Waals surface area contributed by atoms with Gasteiger partial charge in [0.25, 0.3) is 0 Å². The van der Waals surface area contributed by atoms with Gasteiger partial charge in [-0.3, -0.25) is 0 Å². The Morgan fingerprint density at radius 2 is 1.92 bits per heavy atom. The number of hydrogen-bond acceptors (Lipinski definition) is 1. The van der Waals surface area contributed by atoms with E-state index in [0.717, 1.165) is 18.8 Å². The van der Waals surface area contributed by atoms with E-state index < -0.39 is 0 Å². The average Bonchev–Trinajstić information content (AvgIpc) is 2.05. The van der Waals surface area contributed by atoms with Crippen LogP contribution in [0.1, 0.15) is 12.0 Å². The molecule has 0 spiro atoms. The number of aryl methyl sites for hydroxylation is 1. The summed E-state index contributed by atoms with van der Waals surface area (Å²) in [7, 11) is 0. The van der Waals surface area contributed by atoms with Gasteiger partial charge in [0.05, 0.1) is 6.61 Å². The van der Waals surface area contributed by atoms with Crippen LogP contribution in [-0.4, -0.2) is 6.61 Å². The van der Waals surface area contributed by atoms with Crippen molar-refractivity contribution in [1.29, 1.82) is 0 Å². The molecule has 0 N–H and O–H groups in total. The third-order valence-electron chi connectivity index (χ3n) is 1.82. The fourth-order valence-electron chi connectivity index (χ4n) is 1.30. The van der Waals surface area contributed by atoms with Crippen LogP contribution in [0.5, 0.6) is 5.75 Å². The molecule has 0 radical (unpaired) electrons. The van der Waals surface area contributed by atoms with E-state index in [9.17, 15) is 0 Å². The van der Waals surface area contributed by atoms with Crippen LogP contribution in [0.25, 0.3) is 0 Å². The largest absolute Gasteiger partial charge is 1.00 e. The van der Waals surface area contributed by atoms with E-state index in [-0.39, 0.29) is 63.8 Å². The molecular weight excluding hydrogens is 199 g/mol. The van der Waals surface area contributed by atoms with Gasteiger partial charge in [0.1, 0.15) is 5.75 Å². The monoisotopic (exact) mass is 208 g/mol. The van der Waals surface area contributed by atoms with Crippen LogP contribution >= 0.6 is 0 Å².